The number of hydrazine groups is 1. The van der Waals surface area contributed by atoms with Crippen LogP contribution in [0, 0.1) is 5.82 Å². The third-order valence-corrected chi connectivity index (χ3v) is 3.49. The summed E-state index contributed by atoms with van der Waals surface area (Å²) in [6.45, 7) is 0. The predicted octanol–water partition coefficient (Wildman–Crippen LogP) is 2.66. The zero-order chi connectivity index (χ0) is 18.2. The van der Waals surface area contributed by atoms with Gasteiger partial charge in [0.15, 0.2) is 0 Å². The molecule has 0 bridgehead atoms. The van der Waals surface area contributed by atoms with Crippen LogP contribution >= 0.6 is 11.6 Å². The van der Waals surface area contributed by atoms with Crippen molar-refractivity contribution in [1.82, 2.24) is 10.9 Å². The largest absolute Gasteiger partial charge is 0.325 e. The summed E-state index contributed by atoms with van der Waals surface area (Å²) in [6, 6.07) is 12.1. The number of hydrogen-bond acceptors (Lipinski definition) is 3. The van der Waals surface area contributed by atoms with Crippen LogP contribution < -0.4 is 16.2 Å². The molecular formula is C17H15ClFN3O3. The first kappa shape index (κ1) is 18.4. The van der Waals surface area contributed by atoms with Gasteiger partial charge in [-0.3, -0.25) is 25.2 Å². The molecule has 0 radical (unpaired) electrons. The SMILES string of the molecule is O=C(CCC(=O)Nc1ccccc1Cl)NNC(=O)c1ccccc1F. The van der Waals surface area contributed by atoms with Gasteiger partial charge in [0.1, 0.15) is 5.82 Å². The summed E-state index contributed by atoms with van der Waals surface area (Å²) in [5.74, 6) is -2.47. The minimum Gasteiger partial charge on any atom is -0.325 e. The average molecular weight is 364 g/mol. The Hall–Kier alpha value is -2.93. The summed E-state index contributed by atoms with van der Waals surface area (Å²) in [5, 5.41) is 2.96. The Kier molecular flexibility index (Phi) is 6.47. The number of anilines is 1. The molecule has 0 saturated carbocycles. The van der Waals surface area contributed by atoms with E-state index < -0.39 is 23.5 Å². The molecule has 3 N–H and O–H groups in total. The lowest BCUT2D eigenvalue weighted by atomic mass is 10.2. The Labute approximate surface area is 148 Å². The zero-order valence-corrected chi connectivity index (χ0v) is 13.8. The Morgan fingerprint density at radius 2 is 1.52 bits per heavy atom. The fourth-order valence-corrected chi connectivity index (χ4v) is 2.09. The molecule has 130 valence electrons. The zero-order valence-electron chi connectivity index (χ0n) is 13.0. The molecule has 3 amide bonds. The van der Waals surface area contributed by atoms with E-state index in [1.165, 1.54) is 18.2 Å². The molecule has 8 heteroatoms. The second kappa shape index (κ2) is 8.79. The molecule has 25 heavy (non-hydrogen) atoms. The molecule has 2 rings (SSSR count). The molecule has 6 nitrogen and oxygen atoms in total. The van der Waals surface area contributed by atoms with E-state index in [1.54, 1.807) is 24.3 Å². The summed E-state index contributed by atoms with van der Waals surface area (Å²) in [6.07, 6.45) is -0.263. The fraction of sp³-hybridized carbons (Fsp3) is 0.118. The van der Waals surface area contributed by atoms with Gasteiger partial charge >= 0.3 is 0 Å². The van der Waals surface area contributed by atoms with Crippen LogP contribution in [-0.4, -0.2) is 17.7 Å². The van der Waals surface area contributed by atoms with Crippen LogP contribution in [0.25, 0.3) is 0 Å². The van der Waals surface area contributed by atoms with E-state index in [2.05, 4.69) is 16.2 Å². The molecule has 0 aliphatic carbocycles. The van der Waals surface area contributed by atoms with Crippen molar-refractivity contribution in [2.45, 2.75) is 12.8 Å². The van der Waals surface area contributed by atoms with Crippen LogP contribution in [0.15, 0.2) is 48.5 Å². The number of carbonyl (C=O) groups is 3. The Morgan fingerprint density at radius 1 is 0.880 bits per heavy atom. The van der Waals surface area contributed by atoms with E-state index in [9.17, 15) is 18.8 Å². The number of hydrogen-bond donors (Lipinski definition) is 3. The quantitative estimate of drug-likeness (QED) is 0.714. The highest BCUT2D eigenvalue weighted by molar-refractivity contribution is 6.33. The molecule has 0 saturated heterocycles. The summed E-state index contributed by atoms with van der Waals surface area (Å²) in [4.78, 5) is 35.2. The molecule has 0 atom stereocenters. The van der Waals surface area contributed by atoms with Gasteiger partial charge in [-0.2, -0.15) is 0 Å². The van der Waals surface area contributed by atoms with E-state index >= 15 is 0 Å². The van der Waals surface area contributed by atoms with Crippen molar-refractivity contribution in [2.24, 2.45) is 0 Å². The molecule has 0 unspecified atom stereocenters. The second-order valence-corrected chi connectivity index (χ2v) is 5.42. The van der Waals surface area contributed by atoms with Crippen molar-refractivity contribution in [3.05, 3.63) is 64.9 Å². The molecule has 2 aromatic rings. The molecular weight excluding hydrogens is 349 g/mol. The van der Waals surface area contributed by atoms with Gasteiger partial charge in [-0.1, -0.05) is 35.9 Å². The van der Waals surface area contributed by atoms with Crippen molar-refractivity contribution in [3.8, 4) is 0 Å². The van der Waals surface area contributed by atoms with Crippen molar-refractivity contribution >= 4 is 35.0 Å². The van der Waals surface area contributed by atoms with Crippen LogP contribution in [0.3, 0.4) is 0 Å². The minimum atomic E-state index is -0.785. The third-order valence-electron chi connectivity index (χ3n) is 3.16. The van der Waals surface area contributed by atoms with Gasteiger partial charge in [0, 0.05) is 12.8 Å². The lowest BCUT2D eigenvalue weighted by Crippen LogP contribution is -2.42. The maximum absolute atomic E-state index is 13.4. The van der Waals surface area contributed by atoms with Gasteiger partial charge < -0.3 is 5.32 Å². The van der Waals surface area contributed by atoms with Crippen molar-refractivity contribution in [3.63, 3.8) is 0 Å². The predicted molar refractivity (Wildman–Crippen MR) is 91.3 cm³/mol. The standard InChI is InChI=1S/C17H15ClFN3O3/c18-12-6-2-4-8-14(12)20-15(23)9-10-16(24)21-22-17(25)11-5-1-3-7-13(11)19/h1-8H,9-10H2,(H,20,23)(H,21,24)(H,22,25). The molecule has 0 heterocycles. The monoisotopic (exact) mass is 363 g/mol. The highest BCUT2D eigenvalue weighted by atomic mass is 35.5. The van der Waals surface area contributed by atoms with Gasteiger partial charge in [0.05, 0.1) is 16.3 Å². The van der Waals surface area contributed by atoms with Gasteiger partial charge in [-0.15, -0.1) is 0 Å². The smallest absolute Gasteiger partial charge is 0.272 e. The number of halogens is 2. The summed E-state index contributed by atoms with van der Waals surface area (Å²) in [7, 11) is 0. The van der Waals surface area contributed by atoms with Gasteiger partial charge in [-0.25, -0.2) is 4.39 Å². The van der Waals surface area contributed by atoms with Crippen LogP contribution in [0.1, 0.15) is 23.2 Å². The van der Waals surface area contributed by atoms with Crippen LogP contribution in [0.5, 0.6) is 0 Å². The number of rotatable bonds is 5. The van der Waals surface area contributed by atoms with Gasteiger partial charge in [-0.05, 0) is 24.3 Å². The van der Waals surface area contributed by atoms with E-state index in [4.69, 9.17) is 11.6 Å². The maximum Gasteiger partial charge on any atom is 0.272 e. The number of nitrogens with one attached hydrogen (secondary N) is 3. The van der Waals surface area contributed by atoms with Crippen molar-refractivity contribution in [2.75, 3.05) is 5.32 Å². The average Bonchev–Trinajstić information content (AvgIpc) is 2.60. The Balaban J connectivity index is 1.75. The Morgan fingerprint density at radius 3 is 2.24 bits per heavy atom. The third kappa shape index (κ3) is 5.58. The van der Waals surface area contributed by atoms with Gasteiger partial charge in [0.2, 0.25) is 11.8 Å². The van der Waals surface area contributed by atoms with Crippen LogP contribution in [0.2, 0.25) is 5.02 Å². The van der Waals surface area contributed by atoms with E-state index in [0.717, 1.165) is 6.07 Å². The van der Waals surface area contributed by atoms with Crippen molar-refractivity contribution in [1.29, 1.82) is 0 Å². The highest BCUT2D eigenvalue weighted by Gasteiger charge is 2.13. The normalized spacial score (nSPS) is 10.0. The second-order valence-electron chi connectivity index (χ2n) is 5.01. The van der Waals surface area contributed by atoms with E-state index in [1.807, 2.05) is 0 Å². The first-order valence-corrected chi connectivity index (χ1v) is 7.73. The number of carbonyl (C=O) groups excluding carboxylic acids is 3. The van der Waals surface area contributed by atoms with E-state index in [-0.39, 0.29) is 18.4 Å². The first-order chi connectivity index (χ1) is 12.0. The van der Waals surface area contributed by atoms with E-state index in [0.29, 0.717) is 10.7 Å². The maximum atomic E-state index is 13.4. The number of amides is 3. The summed E-state index contributed by atoms with van der Waals surface area (Å²) >= 11 is 5.91. The van der Waals surface area contributed by atoms with Crippen LogP contribution in [0.4, 0.5) is 10.1 Å². The Bertz CT molecular complexity index is 798. The minimum absolute atomic E-state index is 0.105. The summed E-state index contributed by atoms with van der Waals surface area (Å²) < 4.78 is 13.4. The highest BCUT2D eigenvalue weighted by Crippen LogP contribution is 2.20. The number of benzene rings is 2. The molecule has 0 spiro atoms. The van der Waals surface area contributed by atoms with Gasteiger partial charge in [0.25, 0.3) is 5.91 Å². The summed E-state index contributed by atoms with van der Waals surface area (Å²) in [5.41, 5.74) is 4.47. The molecule has 0 aromatic heterocycles. The molecule has 0 aliphatic heterocycles. The fourth-order valence-electron chi connectivity index (χ4n) is 1.90. The topological polar surface area (TPSA) is 87.3 Å². The molecule has 0 aliphatic rings. The molecule has 2 aromatic carbocycles. The lowest BCUT2D eigenvalue weighted by Gasteiger charge is -2.09. The van der Waals surface area contributed by atoms with Crippen molar-refractivity contribution < 1.29 is 18.8 Å². The number of para-hydroxylation sites is 1. The molecule has 0 fully saturated rings. The lowest BCUT2D eigenvalue weighted by molar-refractivity contribution is -0.124. The first-order valence-electron chi connectivity index (χ1n) is 7.35. The van der Waals surface area contributed by atoms with Crippen LogP contribution in [-0.2, 0) is 9.59 Å².